The Balaban J connectivity index is 2.09. The second-order valence-electron chi connectivity index (χ2n) is 5.42. The lowest BCUT2D eigenvalue weighted by Gasteiger charge is -2.46. The lowest BCUT2D eigenvalue weighted by Crippen LogP contribution is -2.61. The third-order valence-corrected chi connectivity index (χ3v) is 5.21. The molecule has 0 radical (unpaired) electrons. The maximum atomic E-state index is 6.06. The van der Waals surface area contributed by atoms with Crippen molar-refractivity contribution in [3.63, 3.8) is 0 Å². The van der Waals surface area contributed by atoms with E-state index >= 15 is 0 Å². The quantitative estimate of drug-likeness (QED) is 0.795. The van der Waals surface area contributed by atoms with Crippen LogP contribution in [0.2, 0.25) is 0 Å². The number of morpholine rings is 1. The molecule has 0 spiro atoms. The highest BCUT2D eigenvalue weighted by Gasteiger charge is 2.44. The molecular weight excluding hydrogens is 220 g/mol. The van der Waals surface area contributed by atoms with Gasteiger partial charge in [-0.15, -0.1) is 0 Å². The molecule has 0 aromatic rings. The summed E-state index contributed by atoms with van der Waals surface area (Å²) < 4.78 is 5.80. The zero-order valence-corrected chi connectivity index (χ0v) is 11.4. The van der Waals surface area contributed by atoms with Crippen molar-refractivity contribution in [3.8, 4) is 0 Å². The van der Waals surface area contributed by atoms with Gasteiger partial charge in [-0.3, -0.25) is 4.90 Å². The number of ether oxygens (including phenoxy) is 1. The number of hydrogen-bond acceptors (Lipinski definition) is 4. The summed E-state index contributed by atoms with van der Waals surface area (Å²) in [6, 6.07) is 0. The molecule has 4 heteroatoms. The predicted octanol–water partition coefficient (Wildman–Crippen LogP) is 1.32. The van der Waals surface area contributed by atoms with Gasteiger partial charge in [-0.1, -0.05) is 6.92 Å². The zero-order valence-electron chi connectivity index (χ0n) is 10.6. The Morgan fingerprint density at radius 2 is 1.94 bits per heavy atom. The number of nitrogens with two attached hydrogens (primary N) is 1. The zero-order chi connectivity index (χ0) is 11.8. The summed E-state index contributed by atoms with van der Waals surface area (Å²) in [5.74, 6) is 1.18. The van der Waals surface area contributed by atoms with Gasteiger partial charge in [-0.05, 0) is 20.3 Å². The Hall–Kier alpha value is 0.230. The predicted molar refractivity (Wildman–Crippen MR) is 69.9 cm³/mol. The van der Waals surface area contributed by atoms with Gasteiger partial charge in [0.05, 0.1) is 12.2 Å². The fourth-order valence-electron chi connectivity index (χ4n) is 3.01. The second-order valence-corrected chi connectivity index (χ2v) is 6.84. The van der Waals surface area contributed by atoms with Gasteiger partial charge in [0.15, 0.2) is 0 Å². The van der Waals surface area contributed by atoms with Crippen molar-refractivity contribution in [3.05, 3.63) is 0 Å². The number of rotatable bonds is 2. The van der Waals surface area contributed by atoms with Crippen LogP contribution in [-0.2, 0) is 4.74 Å². The van der Waals surface area contributed by atoms with Crippen LogP contribution in [0.1, 0.15) is 27.2 Å². The van der Waals surface area contributed by atoms with Crippen LogP contribution in [0.15, 0.2) is 0 Å². The van der Waals surface area contributed by atoms with E-state index in [-0.39, 0.29) is 5.54 Å². The number of thioether (sulfide) groups is 1. The molecule has 2 N–H and O–H groups in total. The Bertz CT molecular complexity index is 241. The molecule has 0 amide bonds. The SMILES string of the molecule is CC1CN(C2(CN)CSC(C)C2)CC(C)O1. The first kappa shape index (κ1) is 12.7. The summed E-state index contributed by atoms with van der Waals surface area (Å²) in [5.41, 5.74) is 6.29. The minimum atomic E-state index is 0.233. The molecular formula is C12H24N2OS. The van der Waals surface area contributed by atoms with Gasteiger partial charge >= 0.3 is 0 Å². The van der Waals surface area contributed by atoms with Crippen LogP contribution < -0.4 is 5.73 Å². The van der Waals surface area contributed by atoms with Gasteiger partial charge in [0, 0.05) is 36.2 Å². The van der Waals surface area contributed by atoms with Crippen LogP contribution in [-0.4, -0.2) is 53.3 Å². The van der Waals surface area contributed by atoms with Gasteiger partial charge < -0.3 is 10.5 Å². The summed E-state index contributed by atoms with van der Waals surface area (Å²) in [4.78, 5) is 2.59. The van der Waals surface area contributed by atoms with Gasteiger partial charge in [-0.2, -0.15) is 11.8 Å². The van der Waals surface area contributed by atoms with Crippen molar-refractivity contribution in [2.24, 2.45) is 5.73 Å². The normalized spacial score (nSPS) is 46.1. The Morgan fingerprint density at radius 1 is 1.31 bits per heavy atom. The fourth-order valence-corrected chi connectivity index (χ4v) is 4.45. The molecule has 2 heterocycles. The topological polar surface area (TPSA) is 38.5 Å². The molecule has 0 aliphatic carbocycles. The first-order valence-electron chi connectivity index (χ1n) is 6.28. The average molecular weight is 244 g/mol. The molecule has 0 bridgehead atoms. The highest BCUT2D eigenvalue weighted by Crippen LogP contribution is 2.39. The maximum Gasteiger partial charge on any atom is 0.0678 e. The highest BCUT2D eigenvalue weighted by molar-refractivity contribution is 8.00. The second kappa shape index (κ2) is 4.84. The molecule has 4 unspecified atom stereocenters. The van der Waals surface area contributed by atoms with Gasteiger partial charge in [0.25, 0.3) is 0 Å². The van der Waals surface area contributed by atoms with Crippen LogP contribution >= 0.6 is 11.8 Å². The van der Waals surface area contributed by atoms with E-state index in [2.05, 4.69) is 37.4 Å². The highest BCUT2D eigenvalue weighted by atomic mass is 32.2. The lowest BCUT2D eigenvalue weighted by atomic mass is 9.92. The Labute approximate surface area is 103 Å². The molecule has 3 nitrogen and oxygen atoms in total. The molecule has 2 fully saturated rings. The van der Waals surface area contributed by atoms with E-state index in [0.717, 1.165) is 24.9 Å². The van der Waals surface area contributed by atoms with E-state index in [9.17, 15) is 0 Å². The number of hydrogen-bond donors (Lipinski definition) is 1. The molecule has 0 saturated carbocycles. The van der Waals surface area contributed by atoms with E-state index in [0.29, 0.717) is 12.2 Å². The van der Waals surface area contributed by atoms with Crippen molar-refractivity contribution < 1.29 is 4.74 Å². The summed E-state index contributed by atoms with van der Waals surface area (Å²) in [6.45, 7) is 9.50. The van der Waals surface area contributed by atoms with Crippen LogP contribution in [0.5, 0.6) is 0 Å². The summed E-state index contributed by atoms with van der Waals surface area (Å²) in [5, 5.41) is 0.747. The van der Waals surface area contributed by atoms with Crippen molar-refractivity contribution in [2.45, 2.75) is 50.2 Å². The van der Waals surface area contributed by atoms with Crippen molar-refractivity contribution in [1.29, 1.82) is 0 Å². The molecule has 2 aliphatic heterocycles. The largest absolute Gasteiger partial charge is 0.373 e. The van der Waals surface area contributed by atoms with E-state index in [1.54, 1.807) is 0 Å². The van der Waals surface area contributed by atoms with E-state index < -0.39 is 0 Å². The van der Waals surface area contributed by atoms with Gasteiger partial charge in [0.1, 0.15) is 0 Å². The molecule has 2 aliphatic rings. The van der Waals surface area contributed by atoms with Crippen molar-refractivity contribution in [1.82, 2.24) is 4.90 Å². The molecule has 2 rings (SSSR count). The van der Waals surface area contributed by atoms with E-state index in [1.807, 2.05) is 0 Å². The first-order chi connectivity index (χ1) is 7.55. The minimum Gasteiger partial charge on any atom is -0.373 e. The molecule has 2 saturated heterocycles. The van der Waals surface area contributed by atoms with Crippen molar-refractivity contribution in [2.75, 3.05) is 25.4 Å². The monoisotopic (exact) mass is 244 g/mol. The van der Waals surface area contributed by atoms with E-state index in [1.165, 1.54) is 12.2 Å². The van der Waals surface area contributed by atoms with Crippen LogP contribution in [0, 0.1) is 0 Å². The summed E-state index contributed by atoms with van der Waals surface area (Å²) in [6.07, 6.45) is 1.91. The van der Waals surface area contributed by atoms with Crippen LogP contribution in [0.25, 0.3) is 0 Å². The molecule has 0 aromatic heterocycles. The third-order valence-electron chi connectivity index (χ3n) is 3.77. The van der Waals surface area contributed by atoms with Crippen LogP contribution in [0.4, 0.5) is 0 Å². The fraction of sp³-hybridized carbons (Fsp3) is 1.00. The van der Waals surface area contributed by atoms with E-state index in [4.69, 9.17) is 10.5 Å². The standard InChI is InChI=1S/C12H24N2OS/c1-9-5-14(6-10(2)15-9)12(7-13)4-11(3)16-8-12/h9-11H,4-8,13H2,1-3H3. The average Bonchev–Trinajstić information content (AvgIpc) is 2.60. The third kappa shape index (κ3) is 2.40. The Morgan fingerprint density at radius 3 is 2.38 bits per heavy atom. The Kier molecular flexibility index (Phi) is 3.84. The number of nitrogens with zero attached hydrogens (tertiary/aromatic N) is 1. The van der Waals surface area contributed by atoms with Gasteiger partial charge in [-0.25, -0.2) is 0 Å². The van der Waals surface area contributed by atoms with Gasteiger partial charge in [0.2, 0.25) is 0 Å². The maximum absolute atomic E-state index is 6.06. The smallest absolute Gasteiger partial charge is 0.0678 e. The minimum absolute atomic E-state index is 0.233. The first-order valence-corrected chi connectivity index (χ1v) is 7.33. The van der Waals surface area contributed by atoms with Crippen LogP contribution in [0.3, 0.4) is 0 Å². The summed E-state index contributed by atoms with van der Waals surface area (Å²) in [7, 11) is 0. The molecule has 0 aromatic carbocycles. The molecule has 94 valence electrons. The molecule has 16 heavy (non-hydrogen) atoms. The lowest BCUT2D eigenvalue weighted by molar-refractivity contribution is -0.0964. The summed E-state index contributed by atoms with van der Waals surface area (Å²) >= 11 is 2.06. The molecule has 4 atom stereocenters. The van der Waals surface area contributed by atoms with Crippen molar-refractivity contribution >= 4 is 11.8 Å².